The Bertz CT molecular complexity index is 978. The van der Waals surface area contributed by atoms with E-state index < -0.39 is 6.10 Å². The Morgan fingerprint density at radius 1 is 0.302 bits per heavy atom. The van der Waals surface area contributed by atoms with Gasteiger partial charge in [0.2, 0.25) is 0 Å². The summed E-state index contributed by atoms with van der Waals surface area (Å²) in [7, 11) is 0. The van der Waals surface area contributed by atoms with Crippen molar-refractivity contribution in [3.8, 4) is 0 Å². The molecule has 0 saturated carbocycles. The molecule has 6 heteroatoms. The van der Waals surface area contributed by atoms with Crippen LogP contribution >= 0.6 is 0 Å². The van der Waals surface area contributed by atoms with Gasteiger partial charge in [-0.15, -0.1) is 0 Å². The summed E-state index contributed by atoms with van der Waals surface area (Å²) in [5.74, 6) is -0.852. The summed E-state index contributed by atoms with van der Waals surface area (Å²) >= 11 is 0. The van der Waals surface area contributed by atoms with E-state index in [9.17, 15) is 14.4 Å². The molecule has 0 unspecified atom stereocenters. The third-order valence-corrected chi connectivity index (χ3v) is 12.8. The van der Waals surface area contributed by atoms with E-state index in [1.165, 1.54) is 212 Å². The molecule has 0 aliphatic rings. The maximum absolute atomic E-state index is 12.8. The molecule has 0 aliphatic heterocycles. The highest BCUT2D eigenvalue weighted by molar-refractivity contribution is 5.71. The largest absolute Gasteiger partial charge is 0.462 e. The van der Waals surface area contributed by atoms with Gasteiger partial charge in [-0.3, -0.25) is 14.4 Å². The first-order valence-electron chi connectivity index (χ1n) is 28.2. The van der Waals surface area contributed by atoms with Crippen LogP contribution in [0.3, 0.4) is 0 Å². The Balaban J connectivity index is 4.33. The van der Waals surface area contributed by atoms with Gasteiger partial charge in [0.15, 0.2) is 6.10 Å². The first kappa shape index (κ1) is 61.1. The monoisotopic (exact) mass is 889 g/mol. The van der Waals surface area contributed by atoms with Gasteiger partial charge >= 0.3 is 17.9 Å². The lowest BCUT2D eigenvalue weighted by Gasteiger charge is -2.18. The highest BCUT2D eigenvalue weighted by Crippen LogP contribution is 2.17. The Labute approximate surface area is 392 Å². The quantitative estimate of drug-likeness (QED) is 0.0262. The number of carbonyl (C=O) groups is 3. The number of rotatable bonds is 52. The number of ether oxygens (including phenoxy) is 3. The molecule has 0 bridgehead atoms. The first-order valence-corrected chi connectivity index (χ1v) is 28.2. The third-order valence-electron chi connectivity index (χ3n) is 12.8. The highest BCUT2D eigenvalue weighted by Gasteiger charge is 2.19. The molecule has 0 aromatic heterocycles. The Morgan fingerprint density at radius 2 is 0.524 bits per heavy atom. The average molecular weight is 889 g/mol. The van der Waals surface area contributed by atoms with Gasteiger partial charge in [0.25, 0.3) is 0 Å². The third kappa shape index (κ3) is 51.0. The van der Waals surface area contributed by atoms with Crippen LogP contribution in [0.2, 0.25) is 0 Å². The second-order valence-corrected chi connectivity index (χ2v) is 19.2. The fourth-order valence-electron chi connectivity index (χ4n) is 8.50. The van der Waals surface area contributed by atoms with Gasteiger partial charge in [-0.05, 0) is 44.9 Å². The predicted molar refractivity (Wildman–Crippen MR) is 270 cm³/mol. The summed E-state index contributed by atoms with van der Waals surface area (Å²) in [6.07, 6.45) is 59.1. The highest BCUT2D eigenvalue weighted by atomic mass is 16.6. The maximum Gasteiger partial charge on any atom is 0.306 e. The first-order chi connectivity index (χ1) is 31.0. The van der Waals surface area contributed by atoms with Crippen molar-refractivity contribution in [2.75, 3.05) is 13.2 Å². The molecule has 0 saturated heterocycles. The van der Waals surface area contributed by atoms with Crippen molar-refractivity contribution in [3.05, 3.63) is 12.2 Å². The second-order valence-electron chi connectivity index (χ2n) is 19.2. The van der Waals surface area contributed by atoms with Gasteiger partial charge in [0, 0.05) is 19.3 Å². The number of hydrogen-bond acceptors (Lipinski definition) is 6. The number of allylic oxidation sites excluding steroid dienone is 2. The molecule has 0 N–H and O–H groups in total. The van der Waals surface area contributed by atoms with E-state index in [4.69, 9.17) is 14.2 Å². The molecule has 0 radical (unpaired) electrons. The Hall–Kier alpha value is -1.85. The van der Waals surface area contributed by atoms with E-state index in [-0.39, 0.29) is 31.1 Å². The molecule has 0 aromatic rings. The van der Waals surface area contributed by atoms with Gasteiger partial charge in [-0.25, -0.2) is 0 Å². The zero-order valence-electron chi connectivity index (χ0n) is 42.6. The van der Waals surface area contributed by atoms with Gasteiger partial charge in [0.1, 0.15) is 13.2 Å². The molecule has 372 valence electrons. The van der Waals surface area contributed by atoms with E-state index in [0.717, 1.165) is 64.2 Å². The van der Waals surface area contributed by atoms with Crippen LogP contribution < -0.4 is 0 Å². The van der Waals surface area contributed by atoms with Gasteiger partial charge < -0.3 is 14.2 Å². The lowest BCUT2D eigenvalue weighted by Crippen LogP contribution is -2.30. The van der Waals surface area contributed by atoms with E-state index in [1.54, 1.807) is 0 Å². The zero-order chi connectivity index (χ0) is 45.8. The van der Waals surface area contributed by atoms with Gasteiger partial charge in [0.05, 0.1) is 0 Å². The summed E-state index contributed by atoms with van der Waals surface area (Å²) in [6.45, 7) is 6.68. The number of unbranched alkanes of at least 4 members (excludes halogenated alkanes) is 39. The molecule has 6 nitrogen and oxygen atoms in total. The fraction of sp³-hybridized carbons (Fsp3) is 0.912. The molecule has 0 rings (SSSR count). The molecular formula is C57H108O6. The Morgan fingerprint density at radius 3 is 0.794 bits per heavy atom. The zero-order valence-corrected chi connectivity index (χ0v) is 42.6. The molecular weight excluding hydrogens is 781 g/mol. The topological polar surface area (TPSA) is 78.9 Å². The lowest BCUT2D eigenvalue weighted by molar-refractivity contribution is -0.167. The van der Waals surface area contributed by atoms with Crippen LogP contribution in [0.25, 0.3) is 0 Å². The molecule has 0 spiro atoms. The maximum atomic E-state index is 12.8. The van der Waals surface area contributed by atoms with Crippen molar-refractivity contribution in [1.82, 2.24) is 0 Å². The predicted octanol–water partition coefficient (Wildman–Crippen LogP) is 18.5. The fourth-order valence-corrected chi connectivity index (χ4v) is 8.50. The van der Waals surface area contributed by atoms with Crippen LogP contribution in [-0.4, -0.2) is 37.2 Å². The van der Waals surface area contributed by atoms with Crippen molar-refractivity contribution >= 4 is 17.9 Å². The lowest BCUT2D eigenvalue weighted by atomic mass is 10.0. The van der Waals surface area contributed by atoms with Crippen molar-refractivity contribution < 1.29 is 28.6 Å². The van der Waals surface area contributed by atoms with Crippen LogP contribution in [0.4, 0.5) is 0 Å². The molecule has 63 heavy (non-hydrogen) atoms. The van der Waals surface area contributed by atoms with Crippen molar-refractivity contribution in [3.63, 3.8) is 0 Å². The molecule has 1 atom stereocenters. The number of hydrogen-bond donors (Lipinski definition) is 0. The van der Waals surface area contributed by atoms with Gasteiger partial charge in [-0.2, -0.15) is 0 Å². The van der Waals surface area contributed by atoms with Crippen molar-refractivity contribution in [2.45, 2.75) is 322 Å². The number of carbonyl (C=O) groups excluding carboxylic acids is 3. The van der Waals surface area contributed by atoms with Crippen molar-refractivity contribution in [2.24, 2.45) is 0 Å². The standard InChI is InChI=1S/C57H108O6/c1-4-7-10-13-16-19-22-25-28-31-34-37-40-43-46-49-55(58)61-52-54(63-57(60)51-48-45-42-39-36-33-30-27-24-21-18-15-12-9-6-3)53-62-56(59)50-47-44-41-38-35-32-29-26-23-20-17-14-11-8-5-2/h25,28,54H,4-24,26-27,29-53H2,1-3H3/b28-25-/t54-/m1/s1. The normalized spacial score (nSPS) is 12.0. The SMILES string of the molecule is CCCCCCCC/C=C\CCCCCCCC(=O)OC[C@H](COC(=O)CCCCCCCCCCCCCCCCC)OC(=O)CCCCCCCCCCCCCCCCC. The minimum Gasteiger partial charge on any atom is -0.462 e. The summed E-state index contributed by atoms with van der Waals surface area (Å²) in [6, 6.07) is 0. The van der Waals surface area contributed by atoms with Crippen LogP contribution in [-0.2, 0) is 28.6 Å². The minimum atomic E-state index is -0.767. The molecule has 0 amide bonds. The molecule has 0 heterocycles. The van der Waals surface area contributed by atoms with Crippen LogP contribution in [0.5, 0.6) is 0 Å². The summed E-state index contributed by atoms with van der Waals surface area (Å²) in [4.78, 5) is 38.1. The molecule has 0 aliphatic carbocycles. The van der Waals surface area contributed by atoms with Gasteiger partial charge in [-0.1, -0.05) is 264 Å². The minimum absolute atomic E-state index is 0.0666. The molecule has 0 fully saturated rings. The van der Waals surface area contributed by atoms with Crippen molar-refractivity contribution in [1.29, 1.82) is 0 Å². The number of esters is 3. The summed E-state index contributed by atoms with van der Waals surface area (Å²) in [5.41, 5.74) is 0. The second kappa shape index (κ2) is 52.8. The van der Waals surface area contributed by atoms with E-state index >= 15 is 0 Å². The summed E-state index contributed by atoms with van der Waals surface area (Å²) < 4.78 is 16.9. The van der Waals surface area contributed by atoms with Crippen LogP contribution in [0.15, 0.2) is 12.2 Å². The van der Waals surface area contributed by atoms with Crippen LogP contribution in [0.1, 0.15) is 316 Å². The van der Waals surface area contributed by atoms with Crippen LogP contribution in [0, 0.1) is 0 Å². The average Bonchev–Trinajstić information content (AvgIpc) is 3.28. The molecule has 0 aromatic carbocycles. The Kier molecular flexibility index (Phi) is 51.2. The van der Waals surface area contributed by atoms with E-state index in [0.29, 0.717) is 19.3 Å². The smallest absolute Gasteiger partial charge is 0.306 e. The summed E-state index contributed by atoms with van der Waals surface area (Å²) in [5, 5.41) is 0. The van der Waals surface area contributed by atoms with E-state index in [2.05, 4.69) is 32.9 Å². The van der Waals surface area contributed by atoms with E-state index in [1.807, 2.05) is 0 Å².